The van der Waals surface area contributed by atoms with E-state index < -0.39 is 17.9 Å². The molecule has 1 amide bonds. The van der Waals surface area contributed by atoms with Crippen LogP contribution < -0.4 is 15.5 Å². The van der Waals surface area contributed by atoms with Crippen molar-refractivity contribution in [2.45, 2.75) is 19.4 Å². The highest BCUT2D eigenvalue weighted by Gasteiger charge is 2.24. The zero-order valence-electron chi connectivity index (χ0n) is 17.7. The van der Waals surface area contributed by atoms with Crippen molar-refractivity contribution in [1.82, 2.24) is 5.48 Å². The minimum atomic E-state index is -0.962. The molecule has 8 heteroatoms. The van der Waals surface area contributed by atoms with Gasteiger partial charge in [-0.1, -0.05) is 24.3 Å². The van der Waals surface area contributed by atoms with Crippen molar-refractivity contribution < 1.29 is 28.7 Å². The monoisotopic (exact) mass is 426 g/mol. The molecule has 0 heterocycles. The minimum absolute atomic E-state index is 0.193. The Hall–Kier alpha value is -3.49. The van der Waals surface area contributed by atoms with E-state index in [4.69, 9.17) is 14.3 Å². The largest absolute Gasteiger partial charge is 0.497 e. The number of para-hydroxylation sites is 1. The molecule has 0 radical (unpaired) electrons. The predicted molar refractivity (Wildman–Crippen MR) is 117 cm³/mol. The molecular weight excluding hydrogens is 400 g/mol. The van der Waals surface area contributed by atoms with Crippen LogP contribution in [0.4, 0.5) is 5.69 Å². The highest BCUT2D eigenvalue weighted by atomic mass is 16.6. The van der Waals surface area contributed by atoms with E-state index in [0.717, 1.165) is 11.3 Å². The normalized spacial score (nSPS) is 11.7. The molecule has 164 valence electrons. The first-order chi connectivity index (χ1) is 15.0. The first-order valence-electron chi connectivity index (χ1n) is 9.69. The topological polar surface area (TPSA) is 103 Å². The lowest BCUT2D eigenvalue weighted by atomic mass is 10.0. The number of rotatable bonds is 11. The summed E-state index contributed by atoms with van der Waals surface area (Å²) in [6.07, 6.45) is 2.83. The van der Waals surface area contributed by atoms with Crippen LogP contribution in [-0.2, 0) is 19.2 Å². The smallest absolute Gasteiger partial charge is 0.325 e. The van der Waals surface area contributed by atoms with Gasteiger partial charge >= 0.3 is 5.97 Å². The Morgan fingerprint density at radius 3 is 2.39 bits per heavy atom. The molecule has 0 spiro atoms. The number of carbonyl (C=O) groups excluding carboxylic acids is 3. The van der Waals surface area contributed by atoms with Gasteiger partial charge in [0.2, 0.25) is 5.91 Å². The molecule has 31 heavy (non-hydrogen) atoms. The summed E-state index contributed by atoms with van der Waals surface area (Å²) in [5, 5.41) is 2.70. The average Bonchev–Trinajstić information content (AvgIpc) is 2.80. The number of benzene rings is 2. The van der Waals surface area contributed by atoms with E-state index in [2.05, 4.69) is 10.8 Å². The second-order valence-corrected chi connectivity index (χ2v) is 6.40. The fourth-order valence-electron chi connectivity index (χ4n) is 2.69. The summed E-state index contributed by atoms with van der Waals surface area (Å²) in [5.74, 6) is -0.644. The average molecular weight is 426 g/mol. The lowest BCUT2D eigenvalue weighted by molar-refractivity contribution is -0.147. The number of hydrogen-bond acceptors (Lipinski definition) is 7. The molecule has 0 saturated carbocycles. The Balaban J connectivity index is 2.09. The number of anilines is 1. The van der Waals surface area contributed by atoms with E-state index >= 15 is 0 Å². The Morgan fingerprint density at radius 1 is 1.03 bits per heavy atom. The van der Waals surface area contributed by atoms with Gasteiger partial charge in [0, 0.05) is 18.1 Å². The standard InChI is InChI=1S/C23H26N2O6/c1-4-31-25-20(23(28)30-3)15-21(26)18-7-5-6-8-19(18)24-22(27)14-11-16-9-12-17(29-2)13-10-16/h5-14,20,25H,4,15H2,1-3H3,(H,24,27)/b14-11+. The van der Waals surface area contributed by atoms with Crippen molar-refractivity contribution in [1.29, 1.82) is 0 Å². The summed E-state index contributed by atoms with van der Waals surface area (Å²) in [6, 6.07) is 12.8. The van der Waals surface area contributed by atoms with E-state index in [-0.39, 0.29) is 17.8 Å². The summed E-state index contributed by atoms with van der Waals surface area (Å²) >= 11 is 0. The van der Waals surface area contributed by atoms with E-state index in [1.807, 2.05) is 12.1 Å². The van der Waals surface area contributed by atoms with Crippen molar-refractivity contribution in [3.05, 3.63) is 65.7 Å². The van der Waals surface area contributed by atoms with Crippen molar-refractivity contribution in [2.75, 3.05) is 26.1 Å². The van der Waals surface area contributed by atoms with E-state index in [9.17, 15) is 14.4 Å². The van der Waals surface area contributed by atoms with Crippen LogP contribution in [0.25, 0.3) is 6.08 Å². The molecule has 1 atom stereocenters. The lowest BCUT2D eigenvalue weighted by Gasteiger charge is -2.16. The number of nitrogens with one attached hydrogen (secondary N) is 2. The molecule has 0 aromatic heterocycles. The van der Waals surface area contributed by atoms with Crippen molar-refractivity contribution in [3.8, 4) is 5.75 Å². The second-order valence-electron chi connectivity index (χ2n) is 6.40. The number of hydroxylamine groups is 1. The third-order valence-corrected chi connectivity index (χ3v) is 4.27. The number of amides is 1. The molecule has 0 fully saturated rings. The zero-order chi connectivity index (χ0) is 22.6. The molecule has 0 aliphatic carbocycles. The minimum Gasteiger partial charge on any atom is -0.497 e. The van der Waals surface area contributed by atoms with Crippen molar-refractivity contribution in [2.24, 2.45) is 0 Å². The van der Waals surface area contributed by atoms with Gasteiger partial charge in [-0.25, -0.2) is 0 Å². The maximum atomic E-state index is 12.8. The predicted octanol–water partition coefficient (Wildman–Crippen LogP) is 3.00. The quantitative estimate of drug-likeness (QED) is 0.246. The number of esters is 1. The molecule has 2 aromatic carbocycles. The Kier molecular flexibility index (Phi) is 9.41. The highest BCUT2D eigenvalue weighted by molar-refractivity contribution is 6.09. The van der Waals surface area contributed by atoms with Gasteiger partial charge in [0.15, 0.2) is 5.78 Å². The first-order valence-corrected chi connectivity index (χ1v) is 9.69. The summed E-state index contributed by atoms with van der Waals surface area (Å²) in [6.45, 7) is 2.06. The van der Waals surface area contributed by atoms with Crippen molar-refractivity contribution >= 4 is 29.4 Å². The maximum Gasteiger partial charge on any atom is 0.325 e. The van der Waals surface area contributed by atoms with Crippen LogP contribution in [0.1, 0.15) is 29.3 Å². The number of ketones is 1. The third-order valence-electron chi connectivity index (χ3n) is 4.27. The molecular formula is C23H26N2O6. The maximum absolute atomic E-state index is 12.8. The summed E-state index contributed by atoms with van der Waals surface area (Å²) < 4.78 is 9.81. The molecule has 0 aliphatic rings. The van der Waals surface area contributed by atoms with E-state index in [0.29, 0.717) is 12.3 Å². The Labute approximate surface area is 181 Å². The van der Waals surface area contributed by atoms with Crippen LogP contribution in [0.15, 0.2) is 54.6 Å². The fourth-order valence-corrected chi connectivity index (χ4v) is 2.69. The molecule has 8 nitrogen and oxygen atoms in total. The number of Topliss-reactive ketones (excluding diaryl/α,β-unsaturated/α-hetero) is 1. The lowest BCUT2D eigenvalue weighted by Crippen LogP contribution is -2.39. The van der Waals surface area contributed by atoms with Crippen LogP contribution >= 0.6 is 0 Å². The van der Waals surface area contributed by atoms with Crippen LogP contribution in [0.3, 0.4) is 0 Å². The van der Waals surface area contributed by atoms with Crippen LogP contribution in [0.5, 0.6) is 5.75 Å². The molecule has 0 aliphatic heterocycles. The second kappa shape index (κ2) is 12.3. The zero-order valence-corrected chi connectivity index (χ0v) is 17.7. The highest BCUT2D eigenvalue weighted by Crippen LogP contribution is 2.19. The van der Waals surface area contributed by atoms with Gasteiger partial charge in [-0.15, -0.1) is 0 Å². The molecule has 2 aromatic rings. The number of ether oxygens (including phenoxy) is 2. The molecule has 0 saturated heterocycles. The molecule has 2 rings (SSSR count). The van der Waals surface area contributed by atoms with Crippen LogP contribution in [0.2, 0.25) is 0 Å². The van der Waals surface area contributed by atoms with Crippen LogP contribution in [-0.4, -0.2) is 44.5 Å². The summed E-state index contributed by atoms with van der Waals surface area (Å²) in [7, 11) is 2.81. The third kappa shape index (κ3) is 7.36. The van der Waals surface area contributed by atoms with Gasteiger partial charge in [0.25, 0.3) is 0 Å². The summed E-state index contributed by atoms with van der Waals surface area (Å²) in [5.41, 5.74) is 3.97. The Bertz CT molecular complexity index is 924. The van der Waals surface area contributed by atoms with E-state index in [1.54, 1.807) is 56.5 Å². The Morgan fingerprint density at radius 2 is 1.74 bits per heavy atom. The van der Waals surface area contributed by atoms with Gasteiger partial charge in [-0.05, 0) is 42.8 Å². The first kappa shape index (κ1) is 23.8. The van der Waals surface area contributed by atoms with Gasteiger partial charge in [0.1, 0.15) is 11.8 Å². The van der Waals surface area contributed by atoms with Gasteiger partial charge in [0.05, 0.1) is 26.5 Å². The SMILES string of the molecule is CCONC(CC(=O)c1ccccc1NC(=O)/C=C/c1ccc(OC)cc1)C(=O)OC. The number of methoxy groups -OCH3 is 2. The number of carbonyl (C=O) groups is 3. The molecule has 2 N–H and O–H groups in total. The van der Waals surface area contributed by atoms with Gasteiger partial charge in [-0.3, -0.25) is 14.4 Å². The number of hydrogen-bond donors (Lipinski definition) is 2. The molecule has 0 bridgehead atoms. The van der Waals surface area contributed by atoms with Crippen LogP contribution in [0, 0.1) is 0 Å². The summed E-state index contributed by atoms with van der Waals surface area (Å²) in [4.78, 5) is 42.1. The van der Waals surface area contributed by atoms with E-state index in [1.165, 1.54) is 13.2 Å². The van der Waals surface area contributed by atoms with Gasteiger partial charge < -0.3 is 19.6 Å². The van der Waals surface area contributed by atoms with Gasteiger partial charge in [-0.2, -0.15) is 5.48 Å². The molecule has 1 unspecified atom stereocenters. The fraction of sp³-hybridized carbons (Fsp3) is 0.261. The van der Waals surface area contributed by atoms with Crippen molar-refractivity contribution in [3.63, 3.8) is 0 Å².